The van der Waals surface area contributed by atoms with Crippen LogP contribution in [0.15, 0.2) is 60.9 Å². The average Bonchev–Trinajstić information content (AvgIpc) is 2.85. The van der Waals surface area contributed by atoms with Gasteiger partial charge in [0.25, 0.3) is 0 Å². The van der Waals surface area contributed by atoms with Gasteiger partial charge in [-0.2, -0.15) is 10.5 Å². The number of fused-ring (bicyclic) bond motifs is 1. The highest BCUT2D eigenvalue weighted by molar-refractivity contribution is 7.93. The van der Waals surface area contributed by atoms with E-state index in [1.807, 2.05) is 18.2 Å². The summed E-state index contributed by atoms with van der Waals surface area (Å²) >= 11 is 0. The van der Waals surface area contributed by atoms with Gasteiger partial charge in [-0.3, -0.25) is 14.2 Å². The molecular formula is C25H21N5O3S. The number of pyridine rings is 1. The first-order valence-corrected chi connectivity index (χ1v) is 12.3. The van der Waals surface area contributed by atoms with Gasteiger partial charge in [-0.15, -0.1) is 0 Å². The summed E-state index contributed by atoms with van der Waals surface area (Å²) in [4.78, 5) is 6.34. The van der Waals surface area contributed by atoms with Crippen LogP contribution in [0, 0.1) is 22.7 Å². The highest BCUT2D eigenvalue weighted by atomic mass is 32.2. The Hall–Kier alpha value is -3.92. The van der Waals surface area contributed by atoms with Crippen molar-refractivity contribution < 1.29 is 13.2 Å². The molecule has 0 unspecified atom stereocenters. The number of anilines is 1. The zero-order chi connectivity index (χ0) is 23.7. The lowest BCUT2D eigenvalue weighted by molar-refractivity contribution is 0.175. The standard InChI is InChI=1S/C25H21N5O3S/c26-11-18-4-6-21(7-5-18)23-13-28-14-24-25(23)33-9-8-30(24)34(31,32)22-16-29(17-22)15-20-3-1-2-19(10-20)12-27/h1-7,10,13-14,22H,8-9,15-17H2. The maximum absolute atomic E-state index is 13.5. The van der Waals surface area contributed by atoms with E-state index in [0.29, 0.717) is 47.8 Å². The summed E-state index contributed by atoms with van der Waals surface area (Å²) in [5.41, 5.74) is 4.06. The number of sulfonamides is 1. The first-order chi connectivity index (χ1) is 16.5. The van der Waals surface area contributed by atoms with Crippen molar-refractivity contribution in [3.8, 4) is 29.0 Å². The number of rotatable bonds is 5. The maximum Gasteiger partial charge on any atom is 0.240 e. The van der Waals surface area contributed by atoms with Crippen molar-refractivity contribution in [1.82, 2.24) is 9.88 Å². The Morgan fingerprint density at radius 3 is 2.53 bits per heavy atom. The minimum absolute atomic E-state index is 0.231. The van der Waals surface area contributed by atoms with Crippen LogP contribution in [0.3, 0.4) is 0 Å². The molecule has 8 nitrogen and oxygen atoms in total. The van der Waals surface area contributed by atoms with E-state index < -0.39 is 15.3 Å². The molecule has 0 amide bonds. The van der Waals surface area contributed by atoms with Crippen LogP contribution in [0.1, 0.15) is 16.7 Å². The van der Waals surface area contributed by atoms with Crippen molar-refractivity contribution in [2.45, 2.75) is 11.8 Å². The molecule has 170 valence electrons. The molecule has 0 atom stereocenters. The monoisotopic (exact) mass is 471 g/mol. The third kappa shape index (κ3) is 3.96. The molecule has 0 spiro atoms. The highest BCUT2D eigenvalue weighted by Crippen LogP contribution is 2.41. The second-order valence-corrected chi connectivity index (χ2v) is 10.5. The van der Waals surface area contributed by atoms with Crippen molar-refractivity contribution in [3.05, 3.63) is 77.6 Å². The van der Waals surface area contributed by atoms with E-state index in [2.05, 4.69) is 22.0 Å². The van der Waals surface area contributed by atoms with Crippen LogP contribution < -0.4 is 9.04 Å². The van der Waals surface area contributed by atoms with Gasteiger partial charge in [-0.25, -0.2) is 8.42 Å². The third-order valence-corrected chi connectivity index (χ3v) is 8.26. The Balaban J connectivity index is 1.35. The number of aromatic nitrogens is 1. The lowest BCUT2D eigenvalue weighted by Crippen LogP contribution is -2.58. The summed E-state index contributed by atoms with van der Waals surface area (Å²) in [6.07, 6.45) is 3.18. The third-order valence-electron chi connectivity index (χ3n) is 6.13. The van der Waals surface area contributed by atoms with Crippen molar-refractivity contribution >= 4 is 15.7 Å². The number of ether oxygens (including phenoxy) is 1. The summed E-state index contributed by atoms with van der Waals surface area (Å²) in [6, 6.07) is 18.6. The lowest BCUT2D eigenvalue weighted by atomic mass is 10.0. The minimum atomic E-state index is -3.61. The fourth-order valence-corrected chi connectivity index (χ4v) is 6.22. The van der Waals surface area contributed by atoms with E-state index in [1.54, 1.807) is 36.5 Å². The van der Waals surface area contributed by atoms with Crippen LogP contribution in [0.2, 0.25) is 0 Å². The summed E-state index contributed by atoms with van der Waals surface area (Å²) in [5.74, 6) is 0.485. The van der Waals surface area contributed by atoms with Crippen LogP contribution in [0.4, 0.5) is 5.69 Å². The number of nitriles is 2. The Morgan fingerprint density at radius 1 is 1.03 bits per heavy atom. The van der Waals surface area contributed by atoms with E-state index in [1.165, 1.54) is 10.5 Å². The summed E-state index contributed by atoms with van der Waals surface area (Å²) in [6.45, 7) is 1.93. The molecule has 0 bridgehead atoms. The van der Waals surface area contributed by atoms with E-state index in [4.69, 9.17) is 15.3 Å². The predicted octanol–water partition coefficient (Wildman–Crippen LogP) is 2.90. The van der Waals surface area contributed by atoms with Gasteiger partial charge >= 0.3 is 0 Å². The molecule has 1 fully saturated rings. The van der Waals surface area contributed by atoms with Gasteiger partial charge in [0, 0.05) is 31.4 Å². The van der Waals surface area contributed by atoms with Crippen LogP contribution >= 0.6 is 0 Å². The smallest absolute Gasteiger partial charge is 0.240 e. The molecule has 3 heterocycles. The zero-order valence-electron chi connectivity index (χ0n) is 18.3. The van der Waals surface area contributed by atoms with Gasteiger partial charge in [0.2, 0.25) is 10.0 Å². The van der Waals surface area contributed by atoms with E-state index in [-0.39, 0.29) is 13.2 Å². The molecule has 1 saturated heterocycles. The Labute approximate surface area is 198 Å². The summed E-state index contributed by atoms with van der Waals surface area (Å²) in [5, 5.41) is 17.6. The molecule has 0 N–H and O–H groups in total. The Kier molecular flexibility index (Phi) is 5.66. The van der Waals surface area contributed by atoms with Crippen molar-refractivity contribution in [1.29, 1.82) is 10.5 Å². The number of benzene rings is 2. The molecule has 5 rings (SSSR count). The SMILES string of the molecule is N#Cc1ccc(-c2cncc3c2OCCN3S(=O)(=O)C2CN(Cc3cccc(C#N)c3)C2)cc1. The van der Waals surface area contributed by atoms with Crippen molar-refractivity contribution in [2.24, 2.45) is 0 Å². The number of likely N-dealkylation sites (tertiary alicyclic amines) is 1. The molecule has 0 aliphatic carbocycles. The first kappa shape index (κ1) is 21.9. The van der Waals surface area contributed by atoms with E-state index >= 15 is 0 Å². The number of hydrogen-bond acceptors (Lipinski definition) is 7. The Morgan fingerprint density at radius 2 is 1.79 bits per heavy atom. The fourth-order valence-electron chi connectivity index (χ4n) is 4.33. The predicted molar refractivity (Wildman–Crippen MR) is 126 cm³/mol. The molecule has 0 saturated carbocycles. The number of nitrogens with zero attached hydrogens (tertiary/aromatic N) is 5. The summed E-state index contributed by atoms with van der Waals surface area (Å²) < 4.78 is 34.3. The normalized spacial score (nSPS) is 16.0. The largest absolute Gasteiger partial charge is 0.489 e. The van der Waals surface area contributed by atoms with Crippen LogP contribution in [0.5, 0.6) is 5.75 Å². The number of hydrogen-bond donors (Lipinski definition) is 0. The average molecular weight is 472 g/mol. The fraction of sp³-hybridized carbons (Fsp3) is 0.240. The zero-order valence-corrected chi connectivity index (χ0v) is 19.1. The first-order valence-electron chi connectivity index (χ1n) is 10.8. The molecule has 1 aromatic heterocycles. The van der Waals surface area contributed by atoms with Crippen LogP contribution in [-0.4, -0.2) is 49.8 Å². The Bertz CT molecular complexity index is 1420. The van der Waals surface area contributed by atoms with Crippen LogP contribution in [-0.2, 0) is 16.6 Å². The van der Waals surface area contributed by atoms with E-state index in [0.717, 1.165) is 11.1 Å². The minimum Gasteiger partial charge on any atom is -0.489 e. The molecule has 0 radical (unpaired) electrons. The van der Waals surface area contributed by atoms with Gasteiger partial charge < -0.3 is 4.74 Å². The highest BCUT2D eigenvalue weighted by Gasteiger charge is 2.43. The molecule has 9 heteroatoms. The molecule has 34 heavy (non-hydrogen) atoms. The van der Waals surface area contributed by atoms with Gasteiger partial charge in [-0.1, -0.05) is 24.3 Å². The molecule has 2 aliphatic rings. The van der Waals surface area contributed by atoms with Gasteiger partial charge in [0.05, 0.1) is 36.0 Å². The quantitative estimate of drug-likeness (QED) is 0.563. The van der Waals surface area contributed by atoms with Crippen LogP contribution in [0.25, 0.3) is 11.1 Å². The summed E-state index contributed by atoms with van der Waals surface area (Å²) in [7, 11) is -3.61. The molecular weight excluding hydrogens is 450 g/mol. The van der Waals surface area contributed by atoms with E-state index in [9.17, 15) is 8.42 Å². The molecule has 2 aliphatic heterocycles. The van der Waals surface area contributed by atoms with Gasteiger partial charge in [0.1, 0.15) is 17.5 Å². The van der Waals surface area contributed by atoms with Gasteiger partial charge in [-0.05, 0) is 35.4 Å². The second kappa shape index (κ2) is 8.79. The maximum atomic E-state index is 13.5. The lowest BCUT2D eigenvalue weighted by Gasteiger charge is -2.42. The van der Waals surface area contributed by atoms with Crippen molar-refractivity contribution in [2.75, 3.05) is 30.5 Å². The van der Waals surface area contributed by atoms with Crippen molar-refractivity contribution in [3.63, 3.8) is 0 Å². The molecule has 2 aromatic carbocycles. The van der Waals surface area contributed by atoms with Gasteiger partial charge in [0.15, 0.2) is 5.75 Å². The molecule has 3 aromatic rings. The second-order valence-electron chi connectivity index (χ2n) is 8.32. The topological polar surface area (TPSA) is 110 Å².